The molecule has 54 heavy (non-hydrogen) atoms. The molecule has 3 aliphatic heterocycles. The number of likely N-dealkylation sites (N-methyl/N-ethyl adjacent to an activating group) is 1. The zero-order valence-corrected chi connectivity index (χ0v) is 32.7. The first-order valence-corrected chi connectivity index (χ1v) is 20.7. The quantitative estimate of drug-likeness (QED) is 0.0734. The molecule has 0 aromatic heterocycles. The first-order valence-electron chi connectivity index (χ1n) is 17.8. The van der Waals surface area contributed by atoms with Crippen LogP contribution in [0.5, 0.6) is 0 Å². The number of amides is 3. The summed E-state index contributed by atoms with van der Waals surface area (Å²) in [6.07, 6.45) is 14.4. The molecule has 3 amide bonds. The van der Waals surface area contributed by atoms with Crippen LogP contribution in [0.4, 0.5) is 11.4 Å². The highest BCUT2D eigenvalue weighted by Gasteiger charge is 2.45. The molecule has 288 valence electrons. The number of allylic oxidation sites excluding steroid dienone is 6. The normalized spacial score (nSPS) is 18.5. The topological polar surface area (TPSA) is 181 Å². The maximum absolute atomic E-state index is 12.4. The van der Waals surface area contributed by atoms with Gasteiger partial charge in [0.25, 0.3) is 32.1 Å². The van der Waals surface area contributed by atoms with Crippen LogP contribution in [0.1, 0.15) is 71.4 Å². The molecule has 3 heterocycles. The maximum atomic E-state index is 12.4. The third kappa shape index (κ3) is 8.33. The lowest BCUT2D eigenvalue weighted by Gasteiger charge is -2.25. The number of carbonyl (C=O) groups excluding carboxylic acids is 3. The average Bonchev–Trinajstić information content (AvgIpc) is 3.61. The minimum absolute atomic E-state index is 0.114. The lowest BCUT2D eigenvalue weighted by molar-refractivity contribution is -0.438. The van der Waals surface area contributed by atoms with Crippen molar-refractivity contribution in [2.75, 3.05) is 31.1 Å². The Bertz CT molecular complexity index is 2230. The Hall–Kier alpha value is -4.70. The van der Waals surface area contributed by atoms with Crippen molar-refractivity contribution in [2.24, 2.45) is 0 Å². The zero-order valence-electron chi connectivity index (χ0n) is 31.1. The van der Waals surface area contributed by atoms with Crippen molar-refractivity contribution in [1.82, 2.24) is 10.2 Å². The Morgan fingerprint density at radius 3 is 2.07 bits per heavy atom. The highest BCUT2D eigenvalue weighted by molar-refractivity contribution is 7.86. The summed E-state index contributed by atoms with van der Waals surface area (Å²) in [5.41, 5.74) is 3.96. The molecule has 5 rings (SSSR count). The lowest BCUT2D eigenvalue weighted by atomic mass is 9.81. The van der Waals surface area contributed by atoms with E-state index >= 15 is 0 Å². The monoisotopic (exact) mass is 779 g/mol. The fourth-order valence-corrected chi connectivity index (χ4v) is 8.36. The van der Waals surface area contributed by atoms with Crippen LogP contribution in [0.15, 0.2) is 94.4 Å². The molecule has 0 saturated heterocycles. The molecule has 2 aromatic carbocycles. The van der Waals surface area contributed by atoms with E-state index in [2.05, 4.69) is 14.8 Å². The van der Waals surface area contributed by atoms with Crippen molar-refractivity contribution in [3.05, 3.63) is 95.8 Å². The second-order valence-electron chi connectivity index (χ2n) is 14.5. The number of anilines is 1. The molecule has 13 nitrogen and oxygen atoms in total. The summed E-state index contributed by atoms with van der Waals surface area (Å²) in [6, 6.07) is 9.24. The predicted molar refractivity (Wildman–Crippen MR) is 205 cm³/mol. The zero-order chi connectivity index (χ0) is 39.6. The van der Waals surface area contributed by atoms with E-state index in [0.29, 0.717) is 19.5 Å². The van der Waals surface area contributed by atoms with E-state index in [9.17, 15) is 40.3 Å². The summed E-state index contributed by atoms with van der Waals surface area (Å²) in [5, 5.41) is 2.75. The van der Waals surface area contributed by atoms with Crippen molar-refractivity contribution >= 4 is 55.0 Å². The van der Waals surface area contributed by atoms with Gasteiger partial charge >= 0.3 is 0 Å². The molecule has 0 fully saturated rings. The van der Waals surface area contributed by atoms with Gasteiger partial charge < -0.3 is 10.2 Å². The second-order valence-corrected chi connectivity index (χ2v) is 17.3. The smallest absolute Gasteiger partial charge is 0.294 e. The third-order valence-electron chi connectivity index (χ3n) is 10.2. The van der Waals surface area contributed by atoms with Gasteiger partial charge in [-0.2, -0.15) is 21.4 Å². The van der Waals surface area contributed by atoms with Gasteiger partial charge in [0, 0.05) is 79.1 Å². The second kappa shape index (κ2) is 15.6. The molecule has 0 atom stereocenters. The van der Waals surface area contributed by atoms with E-state index in [1.807, 2.05) is 65.0 Å². The summed E-state index contributed by atoms with van der Waals surface area (Å²) in [7, 11) is -8.78. The van der Waals surface area contributed by atoms with E-state index in [1.54, 1.807) is 12.1 Å². The van der Waals surface area contributed by atoms with E-state index < -0.39 is 42.9 Å². The molecule has 0 aliphatic carbocycles. The number of fused-ring (bicyclic) bond motifs is 2. The average molecular weight is 780 g/mol. The number of nitrogens with zero attached hydrogens (tertiary/aromatic N) is 3. The maximum Gasteiger partial charge on any atom is 0.294 e. The van der Waals surface area contributed by atoms with E-state index in [1.165, 1.54) is 36.4 Å². The first kappa shape index (κ1) is 40.5. The van der Waals surface area contributed by atoms with Crippen molar-refractivity contribution in [3.8, 4) is 0 Å². The fraction of sp³-hybridized carbons (Fsp3) is 0.385. The van der Waals surface area contributed by atoms with Gasteiger partial charge in [0.15, 0.2) is 5.71 Å². The van der Waals surface area contributed by atoms with Crippen LogP contribution < -0.4 is 10.2 Å². The van der Waals surface area contributed by atoms with Crippen LogP contribution in [-0.2, 0) is 45.4 Å². The van der Waals surface area contributed by atoms with Gasteiger partial charge in [-0.3, -0.25) is 28.4 Å². The standard InChI is InChI=1S/C39H46N4O9S2/c1-6-41-31-18-16-27(53(47,48)49)25-29(31)38(2,3)33(41)13-9-7-10-14-34-39(4,5)30-26-28(54(50,51)52)17-19-32(30)42(34)23-12-8-11-15-35(44)40-22-24-43-36(45)20-21-37(43)46/h7,9-10,13-14,16-21,25-26H,6,8,11-12,15,22-24H2,1-5H3,(H2-,40,44,47,48,49,50,51,52)/p+1. The minimum Gasteiger partial charge on any atom is -0.354 e. The van der Waals surface area contributed by atoms with Gasteiger partial charge in [-0.1, -0.05) is 32.1 Å². The largest absolute Gasteiger partial charge is 0.354 e. The Kier molecular flexibility index (Phi) is 11.7. The highest BCUT2D eigenvalue weighted by Crippen LogP contribution is 2.48. The first-order chi connectivity index (χ1) is 25.3. The summed E-state index contributed by atoms with van der Waals surface area (Å²) in [5.74, 6) is -0.948. The number of carbonyl (C=O) groups is 3. The highest BCUT2D eigenvalue weighted by atomic mass is 32.2. The lowest BCUT2D eigenvalue weighted by Crippen LogP contribution is -2.38. The predicted octanol–water partition coefficient (Wildman–Crippen LogP) is 4.97. The van der Waals surface area contributed by atoms with Crippen LogP contribution in [0.2, 0.25) is 0 Å². The molecule has 3 N–H and O–H groups in total. The Balaban J connectivity index is 1.30. The molecule has 0 radical (unpaired) electrons. The Morgan fingerprint density at radius 2 is 1.44 bits per heavy atom. The number of rotatable bonds is 15. The van der Waals surface area contributed by atoms with Gasteiger partial charge in [0.2, 0.25) is 11.6 Å². The molecule has 0 bridgehead atoms. The van der Waals surface area contributed by atoms with E-state index in [0.717, 1.165) is 51.7 Å². The third-order valence-corrected chi connectivity index (χ3v) is 11.9. The van der Waals surface area contributed by atoms with Crippen LogP contribution >= 0.6 is 0 Å². The molecule has 3 aliphatic rings. The fourth-order valence-electron chi connectivity index (χ4n) is 7.35. The van der Waals surface area contributed by atoms with Gasteiger partial charge in [-0.25, -0.2) is 0 Å². The number of hydrogen-bond acceptors (Lipinski definition) is 8. The van der Waals surface area contributed by atoms with Crippen LogP contribution in [0.3, 0.4) is 0 Å². The summed E-state index contributed by atoms with van der Waals surface area (Å²) >= 11 is 0. The molecule has 0 unspecified atom stereocenters. The van der Waals surface area contributed by atoms with Crippen LogP contribution in [0, 0.1) is 0 Å². The van der Waals surface area contributed by atoms with Gasteiger partial charge in [0.05, 0.1) is 15.2 Å². The van der Waals surface area contributed by atoms with Crippen molar-refractivity contribution in [2.45, 2.75) is 80.9 Å². The SMILES string of the molecule is CCN1C(=CC=CC=CC2=[N+](CCCCCC(=O)NCCN3C(=O)C=CC3=O)c3ccc(S(=O)(=O)O)cc3C2(C)C)C(C)(C)c2cc(S(=O)(=O)O)ccc21. The molecule has 15 heteroatoms. The molecule has 0 spiro atoms. The van der Waals surface area contributed by atoms with Crippen molar-refractivity contribution in [3.63, 3.8) is 0 Å². The summed E-state index contributed by atoms with van der Waals surface area (Å²) < 4.78 is 69.4. The van der Waals surface area contributed by atoms with Gasteiger partial charge in [-0.15, -0.1) is 0 Å². The molecule has 2 aromatic rings. The Labute approximate surface area is 316 Å². The van der Waals surface area contributed by atoms with Gasteiger partial charge in [-0.05, 0) is 75.6 Å². The van der Waals surface area contributed by atoms with Crippen molar-refractivity contribution in [1.29, 1.82) is 0 Å². The van der Waals surface area contributed by atoms with Crippen LogP contribution in [-0.4, -0.2) is 85.0 Å². The summed E-state index contributed by atoms with van der Waals surface area (Å²) in [4.78, 5) is 38.6. The van der Waals surface area contributed by atoms with E-state index in [4.69, 9.17) is 0 Å². The van der Waals surface area contributed by atoms with Crippen LogP contribution in [0.25, 0.3) is 0 Å². The summed E-state index contributed by atoms with van der Waals surface area (Å²) in [6.45, 7) is 11.5. The number of unbranched alkanes of at least 4 members (excludes halogenated alkanes) is 2. The molecule has 0 saturated carbocycles. The number of nitrogens with one attached hydrogen (secondary N) is 1. The number of imide groups is 1. The van der Waals surface area contributed by atoms with E-state index in [-0.39, 0.29) is 35.2 Å². The molecular formula is C39H47N4O9S2+. The van der Waals surface area contributed by atoms with Gasteiger partial charge in [0.1, 0.15) is 6.54 Å². The minimum atomic E-state index is -4.42. The number of hydrogen-bond donors (Lipinski definition) is 3. The van der Waals surface area contributed by atoms with Crippen molar-refractivity contribution < 1.29 is 44.9 Å². The molecular weight excluding hydrogens is 733 g/mol. The Morgan fingerprint density at radius 1 is 0.815 bits per heavy atom. The number of benzene rings is 2.